The first-order chi connectivity index (χ1) is 11.9. The standard InChI is InChI=1S/C14H13F3N6OS/c15-14(16,17)11-20-19-9-1-2-10(21-23(9)11)22-6-3-13(24,4-7-22)12-18-5-8-25-12/h1-2,5,8,24H,3-4,6-7H2. The number of anilines is 1. The molecule has 0 amide bonds. The van der Waals surface area contributed by atoms with Crippen LogP contribution in [0.5, 0.6) is 0 Å². The molecule has 0 aliphatic carbocycles. The zero-order valence-electron chi connectivity index (χ0n) is 12.8. The number of halogens is 3. The van der Waals surface area contributed by atoms with Crippen LogP contribution in [-0.4, -0.2) is 43.0 Å². The molecule has 0 bridgehead atoms. The van der Waals surface area contributed by atoms with Gasteiger partial charge in [-0.25, -0.2) is 4.98 Å². The third kappa shape index (κ3) is 2.82. The van der Waals surface area contributed by atoms with Crippen LogP contribution in [0.2, 0.25) is 0 Å². The molecule has 0 atom stereocenters. The molecule has 3 aromatic rings. The molecule has 1 aliphatic rings. The van der Waals surface area contributed by atoms with Gasteiger partial charge in [0.15, 0.2) is 5.65 Å². The minimum Gasteiger partial charge on any atom is -0.383 e. The minimum absolute atomic E-state index is 0.0346. The van der Waals surface area contributed by atoms with Crippen molar-refractivity contribution in [1.29, 1.82) is 0 Å². The molecule has 1 aliphatic heterocycles. The highest BCUT2D eigenvalue weighted by Gasteiger charge is 2.39. The average Bonchev–Trinajstić information content (AvgIpc) is 3.24. The summed E-state index contributed by atoms with van der Waals surface area (Å²) in [5.41, 5.74) is -0.963. The Bertz CT molecular complexity index is 886. The number of rotatable bonds is 2. The fourth-order valence-electron chi connectivity index (χ4n) is 2.90. The molecular weight excluding hydrogens is 357 g/mol. The number of aromatic nitrogens is 5. The average molecular weight is 370 g/mol. The number of piperidine rings is 1. The summed E-state index contributed by atoms with van der Waals surface area (Å²) in [5, 5.41) is 23.9. The van der Waals surface area contributed by atoms with Gasteiger partial charge in [-0.2, -0.15) is 17.7 Å². The maximum atomic E-state index is 13.0. The van der Waals surface area contributed by atoms with Gasteiger partial charge in [-0.15, -0.1) is 26.6 Å². The third-order valence-electron chi connectivity index (χ3n) is 4.25. The van der Waals surface area contributed by atoms with Gasteiger partial charge in [-0.3, -0.25) is 0 Å². The molecule has 25 heavy (non-hydrogen) atoms. The molecule has 132 valence electrons. The highest BCUT2D eigenvalue weighted by Crippen LogP contribution is 2.35. The van der Waals surface area contributed by atoms with E-state index < -0.39 is 17.6 Å². The fourth-order valence-corrected chi connectivity index (χ4v) is 3.69. The van der Waals surface area contributed by atoms with Gasteiger partial charge in [0.1, 0.15) is 16.4 Å². The van der Waals surface area contributed by atoms with Crippen LogP contribution in [0.1, 0.15) is 23.7 Å². The predicted molar refractivity (Wildman–Crippen MR) is 83.2 cm³/mol. The van der Waals surface area contributed by atoms with E-state index in [1.807, 2.05) is 4.90 Å². The molecular formula is C14H13F3N6OS. The summed E-state index contributed by atoms with van der Waals surface area (Å²) in [5.74, 6) is -0.764. The topological polar surface area (TPSA) is 79.4 Å². The monoisotopic (exact) mass is 370 g/mol. The Morgan fingerprint density at radius 3 is 2.56 bits per heavy atom. The molecule has 1 fully saturated rings. The van der Waals surface area contributed by atoms with E-state index in [1.54, 1.807) is 17.6 Å². The zero-order valence-corrected chi connectivity index (χ0v) is 13.6. The van der Waals surface area contributed by atoms with Crippen molar-refractivity contribution in [2.24, 2.45) is 0 Å². The Kier molecular flexibility index (Phi) is 3.65. The summed E-state index contributed by atoms with van der Waals surface area (Å²) in [6.07, 6.45) is -2.13. The molecule has 1 N–H and O–H groups in total. The van der Waals surface area contributed by atoms with Crippen LogP contribution >= 0.6 is 11.3 Å². The van der Waals surface area contributed by atoms with Gasteiger partial charge in [-0.05, 0) is 12.1 Å². The molecule has 0 spiro atoms. The van der Waals surface area contributed by atoms with E-state index in [2.05, 4.69) is 20.3 Å². The molecule has 11 heteroatoms. The second-order valence-electron chi connectivity index (χ2n) is 5.84. The molecule has 0 radical (unpaired) electrons. The highest BCUT2D eigenvalue weighted by atomic mass is 32.1. The molecule has 0 aromatic carbocycles. The Labute approximate surface area is 143 Å². The number of aliphatic hydroxyl groups is 1. The molecule has 0 saturated carbocycles. The normalized spacial score (nSPS) is 18.0. The maximum absolute atomic E-state index is 13.0. The maximum Gasteiger partial charge on any atom is 0.453 e. The van der Waals surface area contributed by atoms with Crippen molar-refractivity contribution < 1.29 is 18.3 Å². The number of hydrogen-bond donors (Lipinski definition) is 1. The van der Waals surface area contributed by atoms with Crippen LogP contribution in [0, 0.1) is 0 Å². The Hall–Kier alpha value is -2.27. The van der Waals surface area contributed by atoms with Gasteiger partial charge in [-0.1, -0.05) is 0 Å². The van der Waals surface area contributed by atoms with Crippen molar-refractivity contribution in [2.75, 3.05) is 18.0 Å². The van der Waals surface area contributed by atoms with Crippen LogP contribution < -0.4 is 4.90 Å². The van der Waals surface area contributed by atoms with Gasteiger partial charge >= 0.3 is 6.18 Å². The lowest BCUT2D eigenvalue weighted by molar-refractivity contribution is -0.146. The molecule has 4 rings (SSSR count). The van der Waals surface area contributed by atoms with E-state index in [0.29, 0.717) is 41.3 Å². The van der Waals surface area contributed by atoms with Gasteiger partial charge in [0.2, 0.25) is 0 Å². The van der Waals surface area contributed by atoms with Crippen LogP contribution in [0.4, 0.5) is 19.0 Å². The number of fused-ring (bicyclic) bond motifs is 1. The lowest BCUT2D eigenvalue weighted by Gasteiger charge is -2.37. The fraction of sp³-hybridized carbons (Fsp3) is 0.429. The number of alkyl halides is 3. The Morgan fingerprint density at radius 2 is 1.92 bits per heavy atom. The van der Waals surface area contributed by atoms with Crippen LogP contribution in [0.15, 0.2) is 23.7 Å². The molecule has 0 unspecified atom stereocenters. The van der Waals surface area contributed by atoms with Crippen LogP contribution in [0.3, 0.4) is 0 Å². The Balaban J connectivity index is 1.59. The molecule has 3 aromatic heterocycles. The van der Waals surface area contributed by atoms with Gasteiger partial charge < -0.3 is 10.0 Å². The van der Waals surface area contributed by atoms with Crippen molar-refractivity contribution in [3.63, 3.8) is 0 Å². The lowest BCUT2D eigenvalue weighted by atomic mass is 9.92. The molecule has 1 saturated heterocycles. The largest absolute Gasteiger partial charge is 0.453 e. The SMILES string of the molecule is OC1(c2nccs2)CCN(c2ccc3nnc(C(F)(F)F)n3n2)CC1. The van der Waals surface area contributed by atoms with E-state index in [9.17, 15) is 18.3 Å². The number of nitrogens with zero attached hydrogens (tertiary/aromatic N) is 6. The summed E-state index contributed by atoms with van der Waals surface area (Å²) in [6, 6.07) is 3.06. The first-order valence-electron chi connectivity index (χ1n) is 7.54. The van der Waals surface area contributed by atoms with Crippen molar-refractivity contribution >= 4 is 22.8 Å². The summed E-state index contributed by atoms with van der Waals surface area (Å²) >= 11 is 1.39. The Morgan fingerprint density at radius 1 is 1.16 bits per heavy atom. The summed E-state index contributed by atoms with van der Waals surface area (Å²) in [7, 11) is 0. The summed E-state index contributed by atoms with van der Waals surface area (Å²) in [6.45, 7) is 0.913. The van der Waals surface area contributed by atoms with E-state index in [1.165, 1.54) is 17.4 Å². The zero-order chi connectivity index (χ0) is 17.7. The minimum atomic E-state index is -4.63. The molecule has 4 heterocycles. The van der Waals surface area contributed by atoms with Crippen molar-refractivity contribution in [3.05, 3.63) is 34.5 Å². The third-order valence-corrected chi connectivity index (χ3v) is 5.21. The second-order valence-corrected chi connectivity index (χ2v) is 6.73. The smallest absolute Gasteiger partial charge is 0.383 e. The highest BCUT2D eigenvalue weighted by molar-refractivity contribution is 7.09. The van der Waals surface area contributed by atoms with E-state index in [-0.39, 0.29) is 5.65 Å². The summed E-state index contributed by atoms with van der Waals surface area (Å²) in [4.78, 5) is 6.01. The van der Waals surface area contributed by atoms with Gasteiger partial charge in [0.05, 0.1) is 0 Å². The lowest BCUT2D eigenvalue weighted by Crippen LogP contribution is -2.43. The number of hydrogen-bond acceptors (Lipinski definition) is 7. The first-order valence-corrected chi connectivity index (χ1v) is 8.42. The van der Waals surface area contributed by atoms with Crippen molar-refractivity contribution in [3.8, 4) is 0 Å². The second kappa shape index (κ2) is 5.63. The van der Waals surface area contributed by atoms with E-state index in [4.69, 9.17) is 0 Å². The van der Waals surface area contributed by atoms with Gasteiger partial charge in [0.25, 0.3) is 5.82 Å². The van der Waals surface area contributed by atoms with E-state index >= 15 is 0 Å². The summed E-state index contributed by atoms with van der Waals surface area (Å²) < 4.78 is 39.6. The van der Waals surface area contributed by atoms with Gasteiger partial charge in [0, 0.05) is 37.5 Å². The predicted octanol–water partition coefficient (Wildman–Crippen LogP) is 2.09. The van der Waals surface area contributed by atoms with Crippen LogP contribution in [-0.2, 0) is 11.8 Å². The van der Waals surface area contributed by atoms with E-state index in [0.717, 1.165) is 0 Å². The van der Waals surface area contributed by atoms with Crippen molar-refractivity contribution in [2.45, 2.75) is 24.6 Å². The quantitative estimate of drug-likeness (QED) is 0.744. The van der Waals surface area contributed by atoms with Crippen LogP contribution in [0.25, 0.3) is 5.65 Å². The number of thiazole rings is 1. The molecule has 7 nitrogen and oxygen atoms in total. The first kappa shape index (κ1) is 16.2. The van der Waals surface area contributed by atoms with Crippen molar-refractivity contribution in [1.82, 2.24) is 24.8 Å².